The van der Waals surface area contributed by atoms with Gasteiger partial charge in [-0.15, -0.1) is 0 Å². The molecule has 0 aromatic heterocycles. The first kappa shape index (κ1) is 13.8. The highest BCUT2D eigenvalue weighted by Crippen LogP contribution is 2.32. The van der Waals surface area contributed by atoms with Crippen molar-refractivity contribution in [1.29, 1.82) is 0 Å². The number of likely N-dealkylation sites (tertiary alicyclic amines) is 1. The number of hydrogen-bond donors (Lipinski definition) is 0. The minimum absolute atomic E-state index is 0.0452. The summed E-state index contributed by atoms with van der Waals surface area (Å²) in [5.74, 6) is -1.40. The van der Waals surface area contributed by atoms with E-state index in [1.165, 1.54) is 12.1 Å². The van der Waals surface area contributed by atoms with E-state index >= 15 is 0 Å². The summed E-state index contributed by atoms with van der Waals surface area (Å²) in [6.45, 7) is 0.0551. The Bertz CT molecular complexity index is 472. The second-order valence-corrected chi connectivity index (χ2v) is 4.56. The minimum atomic E-state index is -4.44. The summed E-state index contributed by atoms with van der Waals surface area (Å²) in [5, 5.41) is 0. The Hall–Kier alpha value is -1.59. The van der Waals surface area contributed by atoms with Crippen molar-refractivity contribution < 1.29 is 22.4 Å². The summed E-state index contributed by atoms with van der Waals surface area (Å²) in [5.41, 5.74) is -0.0452. The van der Waals surface area contributed by atoms with E-state index in [4.69, 9.17) is 0 Å². The first-order valence-corrected chi connectivity index (χ1v) is 6.03. The Morgan fingerprint density at radius 3 is 2.63 bits per heavy atom. The second kappa shape index (κ2) is 5.19. The van der Waals surface area contributed by atoms with Crippen LogP contribution in [0.1, 0.15) is 29.6 Å². The summed E-state index contributed by atoms with van der Waals surface area (Å²) < 4.78 is 51.7. The van der Waals surface area contributed by atoms with Gasteiger partial charge in [-0.05, 0) is 37.5 Å². The first-order valence-electron chi connectivity index (χ1n) is 6.03. The lowest BCUT2D eigenvalue weighted by Gasteiger charge is -2.36. The molecule has 1 heterocycles. The van der Waals surface area contributed by atoms with E-state index in [0.29, 0.717) is 12.8 Å². The molecule has 0 saturated carbocycles. The van der Waals surface area contributed by atoms with Crippen molar-refractivity contribution in [1.82, 2.24) is 4.90 Å². The third-order valence-electron chi connectivity index (χ3n) is 3.21. The van der Waals surface area contributed by atoms with Crippen molar-refractivity contribution >= 4 is 5.91 Å². The Labute approximate surface area is 108 Å². The molecule has 2 nitrogen and oxygen atoms in total. The largest absolute Gasteiger partial charge is 0.408 e. The van der Waals surface area contributed by atoms with Crippen LogP contribution in [0.25, 0.3) is 0 Å². The van der Waals surface area contributed by atoms with Crippen molar-refractivity contribution in [3.8, 4) is 0 Å². The van der Waals surface area contributed by atoms with Gasteiger partial charge in [-0.1, -0.05) is 6.07 Å². The normalized spacial score (nSPS) is 20.4. The Balaban J connectivity index is 2.25. The standard InChI is InChI=1S/C13H13F4NO/c14-10-5-3-4-9(8-10)12(19)18-7-2-1-6-11(18)13(15,16)17/h3-5,8,11H,1-2,6-7H2. The van der Waals surface area contributed by atoms with Gasteiger partial charge in [0.05, 0.1) is 0 Å². The minimum Gasteiger partial charge on any atom is -0.327 e. The van der Waals surface area contributed by atoms with E-state index in [1.54, 1.807) is 0 Å². The van der Waals surface area contributed by atoms with Gasteiger partial charge in [0.1, 0.15) is 11.9 Å². The van der Waals surface area contributed by atoms with Crippen LogP contribution in [0.3, 0.4) is 0 Å². The van der Waals surface area contributed by atoms with Gasteiger partial charge >= 0.3 is 6.18 Å². The number of rotatable bonds is 1. The summed E-state index contributed by atoms with van der Waals surface area (Å²) in [4.78, 5) is 12.9. The monoisotopic (exact) mass is 275 g/mol. The van der Waals surface area contributed by atoms with E-state index in [-0.39, 0.29) is 18.5 Å². The van der Waals surface area contributed by atoms with Crippen LogP contribution >= 0.6 is 0 Å². The molecule has 2 rings (SSSR count). The molecule has 1 aromatic carbocycles. The highest BCUT2D eigenvalue weighted by atomic mass is 19.4. The number of benzene rings is 1. The number of nitrogens with zero attached hydrogens (tertiary/aromatic N) is 1. The number of halogens is 4. The fraction of sp³-hybridized carbons (Fsp3) is 0.462. The number of hydrogen-bond acceptors (Lipinski definition) is 1. The smallest absolute Gasteiger partial charge is 0.327 e. The van der Waals surface area contributed by atoms with Crippen molar-refractivity contribution in [2.45, 2.75) is 31.5 Å². The topological polar surface area (TPSA) is 20.3 Å². The number of alkyl halides is 3. The van der Waals surface area contributed by atoms with Gasteiger partial charge in [0.2, 0.25) is 0 Å². The fourth-order valence-electron chi connectivity index (χ4n) is 2.30. The lowest BCUT2D eigenvalue weighted by atomic mass is 10.0. The molecule has 0 radical (unpaired) electrons. The number of amides is 1. The maximum Gasteiger partial charge on any atom is 0.408 e. The Kier molecular flexibility index (Phi) is 3.78. The highest BCUT2D eigenvalue weighted by Gasteiger charge is 2.46. The van der Waals surface area contributed by atoms with Crippen LogP contribution in [-0.4, -0.2) is 29.6 Å². The molecule has 0 bridgehead atoms. The average Bonchev–Trinajstić information content (AvgIpc) is 2.37. The third-order valence-corrected chi connectivity index (χ3v) is 3.21. The number of carbonyl (C=O) groups excluding carboxylic acids is 1. The molecule has 0 aliphatic carbocycles. The van der Waals surface area contributed by atoms with Crippen LogP contribution in [0.2, 0.25) is 0 Å². The van der Waals surface area contributed by atoms with E-state index in [2.05, 4.69) is 0 Å². The van der Waals surface area contributed by atoms with Gasteiger partial charge in [0.25, 0.3) is 5.91 Å². The molecular formula is C13H13F4NO. The average molecular weight is 275 g/mol. The zero-order chi connectivity index (χ0) is 14.0. The quantitative estimate of drug-likeness (QED) is 0.719. The van der Waals surface area contributed by atoms with Crippen molar-refractivity contribution in [3.63, 3.8) is 0 Å². The van der Waals surface area contributed by atoms with Crippen molar-refractivity contribution in [2.24, 2.45) is 0 Å². The van der Waals surface area contributed by atoms with E-state index in [0.717, 1.165) is 17.0 Å². The van der Waals surface area contributed by atoms with Gasteiger partial charge in [-0.2, -0.15) is 13.2 Å². The lowest BCUT2D eigenvalue weighted by molar-refractivity contribution is -0.183. The van der Waals surface area contributed by atoms with Crippen molar-refractivity contribution in [3.05, 3.63) is 35.6 Å². The number of carbonyl (C=O) groups is 1. The molecule has 1 atom stereocenters. The van der Waals surface area contributed by atoms with Crippen LogP contribution in [0, 0.1) is 5.82 Å². The molecule has 6 heteroatoms. The van der Waals surface area contributed by atoms with Crippen LogP contribution in [0.15, 0.2) is 24.3 Å². The van der Waals surface area contributed by atoms with Gasteiger partial charge in [-0.25, -0.2) is 4.39 Å². The van der Waals surface area contributed by atoms with Gasteiger partial charge in [0.15, 0.2) is 0 Å². The molecule has 1 unspecified atom stereocenters. The Morgan fingerprint density at radius 1 is 1.26 bits per heavy atom. The molecule has 1 amide bonds. The molecule has 1 aliphatic heterocycles. The molecule has 1 fully saturated rings. The van der Waals surface area contributed by atoms with Gasteiger partial charge in [0, 0.05) is 12.1 Å². The molecule has 0 N–H and O–H groups in total. The second-order valence-electron chi connectivity index (χ2n) is 4.56. The van der Waals surface area contributed by atoms with Gasteiger partial charge in [-0.3, -0.25) is 4.79 Å². The fourth-order valence-corrected chi connectivity index (χ4v) is 2.30. The molecule has 0 spiro atoms. The molecule has 1 saturated heterocycles. The van der Waals surface area contributed by atoms with Crippen LogP contribution in [0.5, 0.6) is 0 Å². The van der Waals surface area contributed by atoms with Gasteiger partial charge < -0.3 is 4.90 Å². The Morgan fingerprint density at radius 2 is 2.00 bits per heavy atom. The SMILES string of the molecule is O=C(c1cccc(F)c1)N1CCCCC1C(F)(F)F. The summed E-state index contributed by atoms with van der Waals surface area (Å²) >= 11 is 0. The molecule has 104 valence electrons. The third kappa shape index (κ3) is 3.05. The molecule has 1 aliphatic rings. The van der Waals surface area contributed by atoms with Crippen LogP contribution < -0.4 is 0 Å². The predicted molar refractivity (Wildman–Crippen MR) is 61.1 cm³/mol. The van der Waals surface area contributed by atoms with Crippen LogP contribution in [-0.2, 0) is 0 Å². The lowest BCUT2D eigenvalue weighted by Crippen LogP contribution is -2.51. The first-order chi connectivity index (χ1) is 8.89. The molecule has 19 heavy (non-hydrogen) atoms. The highest BCUT2D eigenvalue weighted by molar-refractivity contribution is 5.94. The van der Waals surface area contributed by atoms with E-state index in [1.807, 2.05) is 0 Å². The number of piperidine rings is 1. The molecular weight excluding hydrogens is 262 g/mol. The zero-order valence-electron chi connectivity index (χ0n) is 10.1. The van der Waals surface area contributed by atoms with Crippen molar-refractivity contribution in [2.75, 3.05) is 6.54 Å². The van der Waals surface area contributed by atoms with Crippen LogP contribution in [0.4, 0.5) is 17.6 Å². The summed E-state index contributed by atoms with van der Waals surface area (Å²) in [6, 6.07) is 2.98. The van der Waals surface area contributed by atoms with E-state index < -0.39 is 23.9 Å². The van der Waals surface area contributed by atoms with E-state index in [9.17, 15) is 22.4 Å². The predicted octanol–water partition coefficient (Wildman–Crippen LogP) is 3.38. The zero-order valence-corrected chi connectivity index (χ0v) is 10.1. The summed E-state index contributed by atoms with van der Waals surface area (Å²) in [7, 11) is 0. The maximum absolute atomic E-state index is 13.0. The summed E-state index contributed by atoms with van der Waals surface area (Å²) in [6.07, 6.45) is -3.56. The maximum atomic E-state index is 13.0. The molecule has 1 aromatic rings.